The van der Waals surface area contributed by atoms with Gasteiger partial charge in [0.15, 0.2) is 5.96 Å². The van der Waals surface area contributed by atoms with E-state index in [2.05, 4.69) is 39.5 Å². The lowest BCUT2D eigenvalue weighted by molar-refractivity contribution is 0.394. The Morgan fingerprint density at radius 1 is 1.58 bits per heavy atom. The smallest absolute Gasteiger partial charge is 0.191 e. The summed E-state index contributed by atoms with van der Waals surface area (Å²) < 4.78 is 0. The average molecular weight is 281 g/mol. The molecular weight excluding hydrogens is 258 g/mol. The van der Waals surface area contributed by atoms with E-state index in [1.807, 2.05) is 13.2 Å². The molecule has 0 saturated carbocycles. The molecule has 1 saturated heterocycles. The van der Waals surface area contributed by atoms with E-state index in [1.165, 1.54) is 24.4 Å². The molecule has 2 N–H and O–H groups in total. The fraction of sp³-hybridized carbons (Fsp3) is 0.692. The SMILES string of the molecule is CN=C(NCc1ncc(C)s1)NCC1CCN(C)C1. The van der Waals surface area contributed by atoms with Crippen molar-refractivity contribution in [1.29, 1.82) is 0 Å². The number of nitrogens with one attached hydrogen (secondary N) is 2. The predicted octanol–water partition coefficient (Wildman–Crippen LogP) is 1.07. The molecule has 0 radical (unpaired) electrons. The maximum Gasteiger partial charge on any atom is 0.191 e. The average Bonchev–Trinajstić information content (AvgIpc) is 2.99. The van der Waals surface area contributed by atoms with Crippen LogP contribution in [0, 0.1) is 12.8 Å². The van der Waals surface area contributed by atoms with E-state index in [0.29, 0.717) is 0 Å². The molecule has 0 spiro atoms. The Labute approximate surface area is 119 Å². The highest BCUT2D eigenvalue weighted by Crippen LogP contribution is 2.13. The first-order valence-corrected chi connectivity index (χ1v) is 7.53. The third-order valence-electron chi connectivity index (χ3n) is 3.35. The van der Waals surface area contributed by atoms with E-state index in [1.54, 1.807) is 11.3 Å². The Morgan fingerprint density at radius 2 is 2.42 bits per heavy atom. The summed E-state index contributed by atoms with van der Waals surface area (Å²) in [6.45, 7) is 6.18. The summed E-state index contributed by atoms with van der Waals surface area (Å²) >= 11 is 1.72. The molecule has 1 atom stereocenters. The highest BCUT2D eigenvalue weighted by molar-refractivity contribution is 7.11. The zero-order valence-electron chi connectivity index (χ0n) is 11.9. The van der Waals surface area contributed by atoms with Crippen molar-refractivity contribution in [2.75, 3.05) is 33.7 Å². The molecular formula is C13H23N5S. The Hall–Kier alpha value is -1.14. The number of nitrogens with zero attached hydrogens (tertiary/aromatic N) is 3. The molecule has 1 aromatic rings. The lowest BCUT2D eigenvalue weighted by atomic mass is 10.1. The Morgan fingerprint density at radius 3 is 3.00 bits per heavy atom. The third-order valence-corrected chi connectivity index (χ3v) is 4.26. The van der Waals surface area contributed by atoms with Gasteiger partial charge in [0.2, 0.25) is 0 Å². The van der Waals surface area contributed by atoms with E-state index in [9.17, 15) is 0 Å². The number of thiazole rings is 1. The first-order valence-electron chi connectivity index (χ1n) is 6.71. The van der Waals surface area contributed by atoms with Gasteiger partial charge in [-0.2, -0.15) is 0 Å². The first kappa shape index (κ1) is 14.3. The minimum Gasteiger partial charge on any atom is -0.356 e. The Kier molecular flexibility index (Phi) is 5.15. The molecule has 1 aromatic heterocycles. The second kappa shape index (κ2) is 6.86. The summed E-state index contributed by atoms with van der Waals surface area (Å²) in [6.07, 6.45) is 3.18. The van der Waals surface area contributed by atoms with Crippen LogP contribution in [-0.4, -0.2) is 49.6 Å². The molecule has 19 heavy (non-hydrogen) atoms. The van der Waals surface area contributed by atoms with Gasteiger partial charge in [-0.05, 0) is 32.9 Å². The normalized spacial score (nSPS) is 20.8. The lowest BCUT2D eigenvalue weighted by Crippen LogP contribution is -2.39. The van der Waals surface area contributed by atoms with Gasteiger partial charge in [-0.3, -0.25) is 4.99 Å². The topological polar surface area (TPSA) is 52.6 Å². The summed E-state index contributed by atoms with van der Waals surface area (Å²) in [5.41, 5.74) is 0. The highest BCUT2D eigenvalue weighted by atomic mass is 32.1. The van der Waals surface area contributed by atoms with Crippen LogP contribution in [0.2, 0.25) is 0 Å². The van der Waals surface area contributed by atoms with Gasteiger partial charge in [0.05, 0.1) is 6.54 Å². The van der Waals surface area contributed by atoms with Gasteiger partial charge in [0, 0.05) is 31.2 Å². The molecule has 1 fully saturated rings. The second-order valence-corrected chi connectivity index (χ2v) is 6.41. The number of guanidine groups is 1. The number of rotatable bonds is 4. The number of hydrogen-bond acceptors (Lipinski definition) is 4. The van der Waals surface area contributed by atoms with Crippen LogP contribution in [0.1, 0.15) is 16.3 Å². The third kappa shape index (κ3) is 4.47. The van der Waals surface area contributed by atoms with E-state index in [0.717, 1.165) is 30.0 Å². The van der Waals surface area contributed by atoms with Crippen LogP contribution >= 0.6 is 11.3 Å². The predicted molar refractivity (Wildman–Crippen MR) is 80.7 cm³/mol. The number of aliphatic imine (C=N–C) groups is 1. The van der Waals surface area contributed by atoms with Crippen LogP contribution in [0.15, 0.2) is 11.2 Å². The zero-order valence-corrected chi connectivity index (χ0v) is 12.8. The number of aryl methyl sites for hydroxylation is 1. The van der Waals surface area contributed by atoms with Crippen molar-refractivity contribution < 1.29 is 0 Å². The van der Waals surface area contributed by atoms with Gasteiger partial charge in [0.25, 0.3) is 0 Å². The quantitative estimate of drug-likeness (QED) is 0.640. The largest absolute Gasteiger partial charge is 0.356 e. The molecule has 1 unspecified atom stereocenters. The van der Waals surface area contributed by atoms with Gasteiger partial charge in [0.1, 0.15) is 5.01 Å². The van der Waals surface area contributed by atoms with Crippen molar-refractivity contribution in [2.24, 2.45) is 10.9 Å². The minimum atomic E-state index is 0.727. The van der Waals surface area contributed by atoms with Crippen molar-refractivity contribution in [2.45, 2.75) is 19.9 Å². The van der Waals surface area contributed by atoms with Crippen molar-refractivity contribution >= 4 is 17.3 Å². The van der Waals surface area contributed by atoms with E-state index >= 15 is 0 Å². The van der Waals surface area contributed by atoms with Gasteiger partial charge in [-0.25, -0.2) is 4.98 Å². The van der Waals surface area contributed by atoms with Gasteiger partial charge < -0.3 is 15.5 Å². The molecule has 6 heteroatoms. The van der Waals surface area contributed by atoms with E-state index < -0.39 is 0 Å². The molecule has 0 bridgehead atoms. The molecule has 0 amide bonds. The van der Waals surface area contributed by atoms with Gasteiger partial charge in [-0.1, -0.05) is 0 Å². The van der Waals surface area contributed by atoms with Crippen LogP contribution in [0.4, 0.5) is 0 Å². The standard InChI is InChI=1S/C13H23N5S/c1-10-6-15-12(19-10)8-17-13(14-2)16-7-11-4-5-18(3)9-11/h6,11H,4-5,7-9H2,1-3H3,(H2,14,16,17). The van der Waals surface area contributed by atoms with Gasteiger partial charge >= 0.3 is 0 Å². The maximum absolute atomic E-state index is 4.34. The molecule has 1 aliphatic heterocycles. The van der Waals surface area contributed by atoms with Crippen LogP contribution in [-0.2, 0) is 6.54 Å². The second-order valence-electron chi connectivity index (χ2n) is 5.09. The summed E-state index contributed by atoms with van der Waals surface area (Å²) in [5.74, 6) is 1.59. The molecule has 106 valence electrons. The fourth-order valence-electron chi connectivity index (χ4n) is 2.30. The van der Waals surface area contributed by atoms with Gasteiger partial charge in [-0.15, -0.1) is 11.3 Å². The van der Waals surface area contributed by atoms with Crippen molar-refractivity contribution in [3.63, 3.8) is 0 Å². The van der Waals surface area contributed by atoms with Crippen molar-refractivity contribution in [3.05, 3.63) is 16.1 Å². The fourth-order valence-corrected chi connectivity index (χ4v) is 3.02. The molecule has 2 rings (SSSR count). The Balaban J connectivity index is 1.71. The minimum absolute atomic E-state index is 0.727. The lowest BCUT2D eigenvalue weighted by Gasteiger charge is -2.14. The number of hydrogen-bond donors (Lipinski definition) is 2. The molecule has 2 heterocycles. The highest BCUT2D eigenvalue weighted by Gasteiger charge is 2.19. The van der Waals surface area contributed by atoms with E-state index in [-0.39, 0.29) is 0 Å². The maximum atomic E-state index is 4.34. The van der Waals surface area contributed by atoms with E-state index in [4.69, 9.17) is 0 Å². The first-order chi connectivity index (χ1) is 9.17. The molecule has 0 aliphatic carbocycles. The van der Waals surface area contributed by atoms with Crippen LogP contribution < -0.4 is 10.6 Å². The Bertz CT molecular complexity index is 428. The van der Waals surface area contributed by atoms with Crippen molar-refractivity contribution in [3.8, 4) is 0 Å². The summed E-state index contributed by atoms with van der Waals surface area (Å²) in [4.78, 5) is 12.2. The summed E-state index contributed by atoms with van der Waals surface area (Å²) in [5, 5.41) is 7.80. The van der Waals surface area contributed by atoms with Crippen LogP contribution in [0.3, 0.4) is 0 Å². The summed E-state index contributed by atoms with van der Waals surface area (Å²) in [6, 6.07) is 0. The molecule has 5 nitrogen and oxygen atoms in total. The molecule has 0 aromatic carbocycles. The van der Waals surface area contributed by atoms with Crippen LogP contribution in [0.5, 0.6) is 0 Å². The zero-order chi connectivity index (χ0) is 13.7. The summed E-state index contributed by atoms with van der Waals surface area (Å²) in [7, 11) is 3.99. The van der Waals surface area contributed by atoms with Crippen molar-refractivity contribution in [1.82, 2.24) is 20.5 Å². The molecule has 1 aliphatic rings. The van der Waals surface area contributed by atoms with Crippen LogP contribution in [0.25, 0.3) is 0 Å². The number of aromatic nitrogens is 1. The monoisotopic (exact) mass is 281 g/mol. The number of likely N-dealkylation sites (tertiary alicyclic amines) is 1.